The Balaban J connectivity index is 1.31. The summed E-state index contributed by atoms with van der Waals surface area (Å²) in [5.41, 5.74) is 3.31. The summed E-state index contributed by atoms with van der Waals surface area (Å²) in [5, 5.41) is 0. The summed E-state index contributed by atoms with van der Waals surface area (Å²) >= 11 is 1.04. The average Bonchev–Trinajstić information content (AvgIpc) is 3.12. The van der Waals surface area contributed by atoms with Gasteiger partial charge in [-0.25, -0.2) is 0 Å². The van der Waals surface area contributed by atoms with Gasteiger partial charge < -0.3 is 28.6 Å². The van der Waals surface area contributed by atoms with Crippen LogP contribution in [-0.4, -0.2) is 49.7 Å². The molecule has 0 spiro atoms. The van der Waals surface area contributed by atoms with Crippen LogP contribution >= 0.6 is 18.5 Å². The van der Waals surface area contributed by atoms with Crippen LogP contribution in [0.1, 0.15) is 28.7 Å². The Labute approximate surface area is 281 Å². The number of hydrogen-bond donors (Lipinski definition) is 0. The van der Waals surface area contributed by atoms with Crippen molar-refractivity contribution >= 4 is 18.5 Å². The van der Waals surface area contributed by atoms with Crippen LogP contribution in [-0.2, 0) is 59.2 Å². The van der Waals surface area contributed by atoms with Crippen molar-refractivity contribution in [1.29, 1.82) is 0 Å². The summed E-state index contributed by atoms with van der Waals surface area (Å²) in [7, 11) is -3.53. The fraction of sp³-hybridized carbons (Fsp3) is 0.351. The van der Waals surface area contributed by atoms with Gasteiger partial charge in [0.25, 0.3) is 0 Å². The second-order valence-corrected chi connectivity index (χ2v) is 15.5. The zero-order valence-electron chi connectivity index (χ0n) is 26.2. The first-order chi connectivity index (χ1) is 23.2. The van der Waals surface area contributed by atoms with Gasteiger partial charge in [0.15, 0.2) is 5.44 Å². The molecule has 248 valence electrons. The number of ether oxygens (including phenoxy) is 5. The van der Waals surface area contributed by atoms with Gasteiger partial charge in [0.05, 0.1) is 46.2 Å². The third kappa shape index (κ3) is 10.2. The summed E-state index contributed by atoms with van der Waals surface area (Å²) in [6.45, 7) is 2.28. The summed E-state index contributed by atoms with van der Waals surface area (Å²) in [6, 6.07) is 39.9. The molecular formula is C37H41O8PS. The van der Waals surface area contributed by atoms with Gasteiger partial charge in [0.1, 0.15) is 35.8 Å². The molecule has 4 aromatic rings. The highest BCUT2D eigenvalue weighted by molar-refractivity contribution is 8.57. The topological polar surface area (TPSA) is 87.7 Å². The maximum Gasteiger partial charge on any atom is 0.301 e. The van der Waals surface area contributed by atoms with Crippen molar-refractivity contribution in [1.82, 2.24) is 0 Å². The fourth-order valence-corrected chi connectivity index (χ4v) is 9.26. The second kappa shape index (κ2) is 17.7. The predicted octanol–water partition coefficient (Wildman–Crippen LogP) is 6.89. The lowest BCUT2D eigenvalue weighted by atomic mass is 9.98. The smallest absolute Gasteiger partial charge is 0.301 e. The highest BCUT2D eigenvalue weighted by atomic mass is 32.7. The third-order valence-electron chi connectivity index (χ3n) is 7.86. The second-order valence-electron chi connectivity index (χ2n) is 11.4. The van der Waals surface area contributed by atoms with Gasteiger partial charge in [-0.2, -0.15) is 9.05 Å². The summed E-state index contributed by atoms with van der Waals surface area (Å²) in [6.07, 6.45) is -1.78. The molecular weight excluding hydrogens is 635 g/mol. The molecule has 2 aliphatic rings. The Hall–Kier alpha value is -2.66. The van der Waals surface area contributed by atoms with E-state index in [1.54, 1.807) is 0 Å². The quantitative estimate of drug-likeness (QED) is 0.125. The molecule has 5 atom stereocenters. The van der Waals surface area contributed by atoms with Crippen LogP contribution in [0.2, 0.25) is 0 Å². The molecule has 0 radical (unpaired) electrons. The maximum atomic E-state index is 13.8. The Morgan fingerprint density at radius 2 is 1.00 bits per heavy atom. The zero-order valence-corrected chi connectivity index (χ0v) is 27.9. The Kier molecular flexibility index (Phi) is 12.9. The third-order valence-corrected chi connectivity index (χ3v) is 11.7. The summed E-state index contributed by atoms with van der Waals surface area (Å²) < 4.78 is 44.5. The molecule has 0 aliphatic carbocycles. The number of rotatable bonds is 15. The van der Waals surface area contributed by atoms with Crippen molar-refractivity contribution in [3.8, 4) is 0 Å². The van der Waals surface area contributed by atoms with Gasteiger partial charge in [0.2, 0.25) is 0 Å². The largest absolute Gasteiger partial charge is 0.622 e. The lowest BCUT2D eigenvalue weighted by Crippen LogP contribution is -2.60. The van der Waals surface area contributed by atoms with E-state index in [9.17, 15) is 4.89 Å². The first-order valence-corrected chi connectivity index (χ1v) is 19.0. The number of hydrogen-bond acceptors (Lipinski definition) is 9. The van der Waals surface area contributed by atoms with Gasteiger partial charge in [-0.05, 0) is 22.3 Å². The molecule has 0 unspecified atom stereocenters. The molecule has 8 nitrogen and oxygen atoms in total. The molecule has 0 bridgehead atoms. The van der Waals surface area contributed by atoms with Crippen LogP contribution in [0.4, 0.5) is 0 Å². The average molecular weight is 677 g/mol. The van der Waals surface area contributed by atoms with E-state index in [2.05, 4.69) is 0 Å². The Bertz CT molecular complexity index is 1450. The molecule has 47 heavy (non-hydrogen) atoms. The van der Waals surface area contributed by atoms with Gasteiger partial charge in [-0.15, -0.1) is 0 Å². The van der Waals surface area contributed by atoms with E-state index >= 15 is 0 Å². The van der Waals surface area contributed by atoms with Crippen LogP contribution in [0.25, 0.3) is 0 Å². The number of benzene rings is 4. The standard InChI is InChI=1S/C37H41O8PS/c38-46(43-22-13-23-44-46)47-37-36(42-27-32-20-11-4-12-21-32)35(41-26-31-18-9-3-10-19-31)34(40-25-30-16-7-2-8-17-30)33(45-37)28-39-24-29-14-5-1-6-15-29/h1-12,14-21,33-37H,13,22-28H2/t33-,34-,35+,36-,37-/m1/s1. The monoisotopic (exact) mass is 676 g/mol. The predicted molar refractivity (Wildman–Crippen MR) is 181 cm³/mol. The minimum absolute atomic E-state index is 0.216. The van der Waals surface area contributed by atoms with Crippen LogP contribution < -0.4 is 4.89 Å². The minimum Gasteiger partial charge on any atom is -0.622 e. The molecule has 2 fully saturated rings. The van der Waals surface area contributed by atoms with Crippen LogP contribution in [0.5, 0.6) is 0 Å². The van der Waals surface area contributed by atoms with Crippen molar-refractivity contribution in [2.75, 3.05) is 19.8 Å². The van der Waals surface area contributed by atoms with Crippen LogP contribution in [0, 0.1) is 0 Å². The van der Waals surface area contributed by atoms with Crippen molar-refractivity contribution in [3.05, 3.63) is 144 Å². The van der Waals surface area contributed by atoms with E-state index in [1.807, 2.05) is 121 Å². The van der Waals surface area contributed by atoms with Gasteiger partial charge >= 0.3 is 7.15 Å². The molecule has 2 heterocycles. The molecule has 2 saturated heterocycles. The Morgan fingerprint density at radius 1 is 0.574 bits per heavy atom. The van der Waals surface area contributed by atoms with E-state index in [-0.39, 0.29) is 6.61 Å². The van der Waals surface area contributed by atoms with E-state index in [4.69, 9.17) is 32.7 Å². The van der Waals surface area contributed by atoms with Crippen molar-refractivity contribution in [2.45, 2.75) is 62.7 Å². The normalized spacial score (nSPS) is 24.1. The van der Waals surface area contributed by atoms with Crippen LogP contribution in [0.3, 0.4) is 0 Å². The molecule has 0 N–H and O–H groups in total. The van der Waals surface area contributed by atoms with Gasteiger partial charge in [-0.1, -0.05) is 121 Å². The van der Waals surface area contributed by atoms with E-state index in [1.165, 1.54) is 0 Å². The maximum absolute atomic E-state index is 13.8. The molecule has 0 amide bonds. The van der Waals surface area contributed by atoms with E-state index < -0.39 is 37.0 Å². The molecule has 0 aromatic heterocycles. The summed E-state index contributed by atoms with van der Waals surface area (Å²) in [4.78, 5) is 13.8. The van der Waals surface area contributed by atoms with Crippen molar-refractivity contribution < 1.29 is 37.6 Å². The molecule has 6 rings (SSSR count). The lowest BCUT2D eigenvalue weighted by molar-refractivity contribution is -0.255. The fourth-order valence-electron chi connectivity index (χ4n) is 5.47. The Morgan fingerprint density at radius 3 is 1.49 bits per heavy atom. The van der Waals surface area contributed by atoms with E-state index in [0.29, 0.717) is 46.1 Å². The highest BCUT2D eigenvalue weighted by Crippen LogP contribution is 2.68. The van der Waals surface area contributed by atoms with Crippen molar-refractivity contribution in [3.63, 3.8) is 0 Å². The first-order valence-electron chi connectivity index (χ1n) is 16.0. The van der Waals surface area contributed by atoms with Gasteiger partial charge in [-0.3, -0.25) is 0 Å². The molecule has 2 aliphatic heterocycles. The summed E-state index contributed by atoms with van der Waals surface area (Å²) in [5.74, 6) is 0. The minimum atomic E-state index is -3.53. The highest BCUT2D eigenvalue weighted by Gasteiger charge is 2.53. The molecule has 10 heteroatoms. The van der Waals surface area contributed by atoms with Crippen LogP contribution in [0.15, 0.2) is 121 Å². The van der Waals surface area contributed by atoms with E-state index in [0.717, 1.165) is 33.6 Å². The zero-order chi connectivity index (χ0) is 32.2. The molecule has 0 saturated carbocycles. The lowest BCUT2D eigenvalue weighted by Gasteiger charge is -2.46. The SMILES string of the molecule is [O-][P+]1(S[C@H]2O[C@H](COCc3ccccc3)[C@@H](OCc3ccccc3)[C@H](OCc3ccccc3)[C@H]2OCc2ccccc2)OCCCO1. The van der Waals surface area contributed by atoms with Gasteiger partial charge in [0, 0.05) is 6.42 Å². The first kappa shape index (κ1) is 34.2. The van der Waals surface area contributed by atoms with Crippen molar-refractivity contribution in [2.24, 2.45) is 0 Å². The molecule has 4 aromatic carbocycles.